The molecule has 1 aliphatic heterocycles. The van der Waals surface area contributed by atoms with Crippen molar-refractivity contribution in [2.24, 2.45) is 0 Å². The second-order valence-corrected chi connectivity index (χ2v) is 5.73. The smallest absolute Gasteiger partial charge is 0.299 e. The van der Waals surface area contributed by atoms with Crippen LogP contribution in [0.25, 0.3) is 0 Å². The van der Waals surface area contributed by atoms with E-state index in [1.807, 2.05) is 18.2 Å². The van der Waals surface area contributed by atoms with E-state index >= 15 is 0 Å². The summed E-state index contributed by atoms with van der Waals surface area (Å²) >= 11 is 0. The first-order valence-electron chi connectivity index (χ1n) is 7.47. The highest BCUT2D eigenvalue weighted by molar-refractivity contribution is 6.09. The van der Waals surface area contributed by atoms with E-state index in [2.05, 4.69) is 4.90 Å². The van der Waals surface area contributed by atoms with Gasteiger partial charge in [-0.05, 0) is 43.3 Å². The molecule has 0 saturated carbocycles. The maximum atomic E-state index is 12.6. The zero-order chi connectivity index (χ0) is 16.4. The summed E-state index contributed by atoms with van der Waals surface area (Å²) in [7, 11) is 0. The molecule has 0 aliphatic carbocycles. The Hall–Kier alpha value is -2.14. The number of carbonyl (C=O) groups is 1. The summed E-state index contributed by atoms with van der Waals surface area (Å²) in [6.07, 6.45) is -3.19. The predicted molar refractivity (Wildman–Crippen MR) is 81.2 cm³/mol. The van der Waals surface area contributed by atoms with Crippen molar-refractivity contribution in [1.82, 2.24) is 4.90 Å². The Morgan fingerprint density at radius 1 is 1.00 bits per heavy atom. The molecule has 1 saturated heterocycles. The van der Waals surface area contributed by atoms with Crippen molar-refractivity contribution < 1.29 is 18.0 Å². The third-order valence-corrected chi connectivity index (χ3v) is 4.02. The normalized spacial score (nSPS) is 15.3. The fourth-order valence-electron chi connectivity index (χ4n) is 2.59. The number of ketones is 1. The minimum absolute atomic E-state index is 0.260. The number of halogens is 3. The molecule has 0 bridgehead atoms. The summed E-state index contributed by atoms with van der Waals surface area (Å²) in [4.78, 5) is 14.7. The largest absolute Gasteiger partial charge is 0.416 e. The van der Waals surface area contributed by atoms with Gasteiger partial charge >= 0.3 is 6.18 Å². The van der Waals surface area contributed by atoms with Crippen molar-refractivity contribution in [3.8, 4) is 0 Å². The summed E-state index contributed by atoms with van der Waals surface area (Å²) in [5.41, 5.74) is 1.06. The van der Waals surface area contributed by atoms with Crippen LogP contribution in [0.3, 0.4) is 0 Å². The molecular formula is C18H16F3NO. The molecule has 23 heavy (non-hydrogen) atoms. The van der Waals surface area contributed by atoms with Crippen molar-refractivity contribution in [2.45, 2.75) is 19.1 Å². The molecule has 0 amide bonds. The van der Waals surface area contributed by atoms with Crippen LogP contribution < -0.4 is 0 Å². The lowest BCUT2D eigenvalue weighted by molar-refractivity contribution is -0.137. The Bertz CT molecular complexity index is 703. The van der Waals surface area contributed by atoms with E-state index in [4.69, 9.17) is 0 Å². The van der Waals surface area contributed by atoms with Gasteiger partial charge in [-0.25, -0.2) is 0 Å². The van der Waals surface area contributed by atoms with Crippen molar-refractivity contribution >= 4 is 5.78 Å². The van der Waals surface area contributed by atoms with Gasteiger partial charge in [0.1, 0.15) is 0 Å². The first-order chi connectivity index (χ1) is 10.9. The Balaban J connectivity index is 1.78. The third-order valence-electron chi connectivity index (χ3n) is 4.02. The van der Waals surface area contributed by atoms with E-state index < -0.39 is 11.7 Å². The van der Waals surface area contributed by atoms with Gasteiger partial charge in [0, 0.05) is 17.7 Å². The molecule has 0 aromatic heterocycles. The lowest BCUT2D eigenvalue weighted by Gasteiger charge is -2.30. The monoisotopic (exact) mass is 319 g/mol. The Labute approximate surface area is 132 Å². The van der Waals surface area contributed by atoms with Gasteiger partial charge in [0.15, 0.2) is 5.78 Å². The highest BCUT2D eigenvalue weighted by Crippen LogP contribution is 2.29. The summed E-state index contributed by atoms with van der Waals surface area (Å²) in [6, 6.07) is 11.6. The highest BCUT2D eigenvalue weighted by atomic mass is 19.4. The lowest BCUT2D eigenvalue weighted by Crippen LogP contribution is -2.36. The zero-order valence-electron chi connectivity index (χ0n) is 12.4. The maximum absolute atomic E-state index is 12.6. The van der Waals surface area contributed by atoms with Crippen molar-refractivity contribution in [1.29, 1.82) is 0 Å². The van der Waals surface area contributed by atoms with Gasteiger partial charge in [-0.1, -0.05) is 30.3 Å². The van der Waals surface area contributed by atoms with Gasteiger partial charge in [-0.15, -0.1) is 0 Å². The van der Waals surface area contributed by atoms with E-state index in [-0.39, 0.29) is 11.3 Å². The van der Waals surface area contributed by atoms with E-state index in [0.717, 1.165) is 37.3 Å². The number of carbonyl (C=O) groups excluding carboxylic acids is 1. The minimum Gasteiger partial charge on any atom is -0.299 e. The summed E-state index contributed by atoms with van der Waals surface area (Å²) in [6.45, 7) is 2.93. The van der Waals surface area contributed by atoms with Crippen LogP contribution in [0.15, 0.2) is 48.5 Å². The topological polar surface area (TPSA) is 20.3 Å². The van der Waals surface area contributed by atoms with Crippen LogP contribution >= 0.6 is 0 Å². The number of benzene rings is 2. The second kappa shape index (κ2) is 6.16. The zero-order valence-corrected chi connectivity index (χ0v) is 12.4. The average Bonchev–Trinajstić information content (AvgIpc) is 2.50. The van der Waals surface area contributed by atoms with Gasteiger partial charge in [-0.2, -0.15) is 13.2 Å². The van der Waals surface area contributed by atoms with E-state index in [1.54, 1.807) is 6.07 Å². The molecule has 0 N–H and O–H groups in total. The lowest BCUT2D eigenvalue weighted by atomic mass is 10.00. The second-order valence-electron chi connectivity index (χ2n) is 5.73. The summed E-state index contributed by atoms with van der Waals surface area (Å²) in [5, 5.41) is 0. The molecule has 120 valence electrons. The van der Waals surface area contributed by atoms with Crippen molar-refractivity contribution in [3.63, 3.8) is 0 Å². The fourth-order valence-corrected chi connectivity index (χ4v) is 2.59. The Morgan fingerprint density at radius 2 is 1.70 bits per heavy atom. The van der Waals surface area contributed by atoms with Crippen LogP contribution in [-0.2, 0) is 12.7 Å². The fraction of sp³-hybridized carbons (Fsp3) is 0.278. The number of hydrogen-bond donors (Lipinski definition) is 0. The molecule has 1 aliphatic rings. The van der Waals surface area contributed by atoms with E-state index in [1.165, 1.54) is 18.6 Å². The molecule has 2 nitrogen and oxygen atoms in total. The van der Waals surface area contributed by atoms with Crippen LogP contribution in [-0.4, -0.2) is 23.8 Å². The van der Waals surface area contributed by atoms with Gasteiger partial charge in [0.05, 0.1) is 5.56 Å². The van der Waals surface area contributed by atoms with Gasteiger partial charge < -0.3 is 0 Å². The molecule has 5 heteroatoms. The van der Waals surface area contributed by atoms with Crippen molar-refractivity contribution in [2.75, 3.05) is 13.1 Å². The number of alkyl halides is 3. The summed E-state index contributed by atoms with van der Waals surface area (Å²) < 4.78 is 37.7. The van der Waals surface area contributed by atoms with Crippen LogP contribution in [0.2, 0.25) is 0 Å². The molecule has 2 aromatic carbocycles. The Kier molecular flexibility index (Phi) is 4.22. The van der Waals surface area contributed by atoms with Crippen LogP contribution in [0.4, 0.5) is 13.2 Å². The molecule has 0 radical (unpaired) electrons. The van der Waals surface area contributed by atoms with Gasteiger partial charge in [-0.3, -0.25) is 9.69 Å². The van der Waals surface area contributed by atoms with E-state index in [0.29, 0.717) is 5.56 Å². The van der Waals surface area contributed by atoms with Crippen LogP contribution in [0, 0.1) is 0 Å². The first-order valence-corrected chi connectivity index (χ1v) is 7.47. The van der Waals surface area contributed by atoms with Gasteiger partial charge in [0.25, 0.3) is 0 Å². The predicted octanol–water partition coefficient (Wildman–Crippen LogP) is 4.14. The van der Waals surface area contributed by atoms with E-state index in [9.17, 15) is 18.0 Å². The average molecular weight is 319 g/mol. The maximum Gasteiger partial charge on any atom is 0.416 e. The van der Waals surface area contributed by atoms with Gasteiger partial charge in [0.2, 0.25) is 0 Å². The van der Waals surface area contributed by atoms with Crippen LogP contribution in [0.5, 0.6) is 0 Å². The SMILES string of the molecule is O=C(c1ccc(C(F)(F)F)cc1)c1cccc(CN2CCC2)c1. The Morgan fingerprint density at radius 3 is 2.26 bits per heavy atom. The standard InChI is InChI=1S/C18H16F3NO/c19-18(20,21)16-7-5-14(6-8-16)17(23)15-4-1-3-13(11-15)12-22-9-2-10-22/h1,3-8,11H,2,9-10,12H2. The molecule has 1 fully saturated rings. The third kappa shape index (κ3) is 3.62. The molecule has 1 heterocycles. The molecular weight excluding hydrogens is 303 g/mol. The molecule has 0 spiro atoms. The number of rotatable bonds is 4. The number of likely N-dealkylation sites (tertiary alicyclic amines) is 1. The number of nitrogens with zero attached hydrogens (tertiary/aromatic N) is 1. The molecule has 0 atom stereocenters. The highest BCUT2D eigenvalue weighted by Gasteiger charge is 2.30. The number of hydrogen-bond acceptors (Lipinski definition) is 2. The first kappa shape index (κ1) is 15.7. The quantitative estimate of drug-likeness (QED) is 0.789. The molecule has 3 rings (SSSR count). The molecule has 0 unspecified atom stereocenters. The summed E-state index contributed by atoms with van der Waals surface area (Å²) in [5.74, 6) is -0.260. The van der Waals surface area contributed by atoms with Crippen LogP contribution in [0.1, 0.15) is 33.5 Å². The minimum atomic E-state index is -4.39. The van der Waals surface area contributed by atoms with Crippen molar-refractivity contribution in [3.05, 3.63) is 70.8 Å². The molecule has 2 aromatic rings.